The van der Waals surface area contributed by atoms with Crippen molar-refractivity contribution in [3.63, 3.8) is 0 Å². The van der Waals surface area contributed by atoms with Crippen LogP contribution < -0.4 is 5.73 Å². The Kier molecular flexibility index (Phi) is 10.1. The number of hydrogen-bond acceptors (Lipinski definition) is 8. The number of carbonyl (C=O) groups is 2. The number of hydrogen-bond donors (Lipinski definition) is 1. The van der Waals surface area contributed by atoms with Crippen LogP contribution in [-0.4, -0.2) is 40.9 Å². The van der Waals surface area contributed by atoms with Crippen molar-refractivity contribution in [3.8, 4) is 0 Å². The summed E-state index contributed by atoms with van der Waals surface area (Å²) in [5, 5.41) is 1.88. The zero-order valence-electron chi connectivity index (χ0n) is 20.0. The molecular formula is C26H25Br2N3O4S. The lowest BCUT2D eigenvalue weighted by molar-refractivity contribution is 0.0508. The first-order chi connectivity index (χ1) is 17.3. The van der Waals surface area contributed by atoms with Gasteiger partial charge < -0.3 is 15.2 Å². The van der Waals surface area contributed by atoms with E-state index in [1.165, 1.54) is 0 Å². The molecular weight excluding hydrogens is 610 g/mol. The molecule has 0 atom stereocenters. The summed E-state index contributed by atoms with van der Waals surface area (Å²) in [6.45, 7) is 6.24. The first kappa shape index (κ1) is 27.9. The molecule has 0 spiro atoms. The van der Waals surface area contributed by atoms with Gasteiger partial charge in [-0.15, -0.1) is 11.8 Å². The predicted molar refractivity (Wildman–Crippen MR) is 152 cm³/mol. The lowest BCUT2D eigenvalue weighted by atomic mass is 10.2. The molecule has 0 saturated carbocycles. The second-order valence-electron chi connectivity index (χ2n) is 7.25. The van der Waals surface area contributed by atoms with Crippen molar-refractivity contribution in [3.05, 3.63) is 68.9 Å². The quantitative estimate of drug-likeness (QED) is 0.178. The molecule has 0 fully saturated rings. The van der Waals surface area contributed by atoms with Crippen LogP contribution in [0, 0.1) is 0 Å². The number of anilines is 1. The van der Waals surface area contributed by atoms with E-state index in [0.29, 0.717) is 30.1 Å². The van der Waals surface area contributed by atoms with Crippen molar-refractivity contribution in [2.45, 2.75) is 25.7 Å². The maximum Gasteiger partial charge on any atom is 0.359 e. The second-order valence-corrected chi connectivity index (χ2v) is 10.3. The van der Waals surface area contributed by atoms with Gasteiger partial charge >= 0.3 is 11.9 Å². The van der Waals surface area contributed by atoms with Crippen molar-refractivity contribution in [2.75, 3.05) is 24.7 Å². The van der Waals surface area contributed by atoms with Crippen molar-refractivity contribution in [2.24, 2.45) is 0 Å². The zero-order valence-corrected chi connectivity index (χ0v) is 24.0. The number of rotatable bonds is 6. The van der Waals surface area contributed by atoms with E-state index in [4.69, 9.17) is 15.2 Å². The third-order valence-electron chi connectivity index (χ3n) is 4.84. The first-order valence-electron chi connectivity index (χ1n) is 11.2. The number of nitrogens with two attached hydrogens (primary N) is 1. The predicted octanol–water partition coefficient (Wildman–Crippen LogP) is 7.04. The number of benzene rings is 2. The standard InChI is InChI=1S/C14H14BrNO2S.C12H11BrN2O2/c1-3-18-14(17)13-12(19-4-2)8-9-10(15)6-5-7-11(9)16-13;1-2-17-12(16)11-9(14)6-7-8(13)4-3-5-10(7)15-11/h5-8H,3-4H2,1-2H3;3-6H,2,14H2,1H3. The number of halogens is 2. The topological polar surface area (TPSA) is 104 Å². The number of ether oxygens (including phenoxy) is 2. The third-order valence-corrected chi connectivity index (χ3v) is 7.14. The molecule has 2 aromatic carbocycles. The molecule has 0 radical (unpaired) electrons. The molecule has 0 aliphatic rings. The Balaban J connectivity index is 0.000000202. The summed E-state index contributed by atoms with van der Waals surface area (Å²) in [6.07, 6.45) is 0. The van der Waals surface area contributed by atoms with Gasteiger partial charge in [-0.3, -0.25) is 0 Å². The molecule has 2 heterocycles. The fraction of sp³-hybridized carbons (Fsp3) is 0.231. The third kappa shape index (κ3) is 6.54. The molecule has 4 aromatic rings. The minimum atomic E-state index is -0.494. The van der Waals surface area contributed by atoms with Gasteiger partial charge in [0.1, 0.15) is 0 Å². The Morgan fingerprint density at radius 3 is 1.86 bits per heavy atom. The van der Waals surface area contributed by atoms with Crippen LogP contribution in [0.3, 0.4) is 0 Å². The minimum Gasteiger partial charge on any atom is -0.461 e. The Morgan fingerprint density at radius 1 is 0.833 bits per heavy atom. The Bertz CT molecular complexity index is 1420. The first-order valence-corrected chi connectivity index (χ1v) is 13.8. The van der Waals surface area contributed by atoms with E-state index in [2.05, 4.69) is 41.8 Å². The fourth-order valence-corrected chi connectivity index (χ4v) is 5.01. The Hall–Kier alpha value is -2.69. The molecule has 0 aliphatic carbocycles. The zero-order chi connectivity index (χ0) is 26.2. The van der Waals surface area contributed by atoms with Crippen molar-refractivity contribution in [1.29, 1.82) is 0 Å². The molecule has 2 aromatic heterocycles. The Labute approximate surface area is 230 Å². The highest BCUT2D eigenvalue weighted by molar-refractivity contribution is 9.11. The monoisotopic (exact) mass is 633 g/mol. The van der Waals surface area contributed by atoms with Crippen LogP contribution >= 0.6 is 43.6 Å². The summed E-state index contributed by atoms with van der Waals surface area (Å²) in [4.78, 5) is 33.1. The van der Waals surface area contributed by atoms with Crippen LogP contribution in [-0.2, 0) is 9.47 Å². The fourth-order valence-electron chi connectivity index (χ4n) is 3.29. The van der Waals surface area contributed by atoms with Crippen molar-refractivity contribution in [1.82, 2.24) is 9.97 Å². The SMILES string of the molecule is CCOC(=O)c1nc2cccc(Br)c2cc1N.CCOC(=O)c1nc2cccc(Br)c2cc1SCC. The van der Waals surface area contributed by atoms with Gasteiger partial charge in [-0.05, 0) is 56.0 Å². The highest BCUT2D eigenvalue weighted by Gasteiger charge is 2.17. The van der Waals surface area contributed by atoms with Gasteiger partial charge in [-0.2, -0.15) is 0 Å². The minimum absolute atomic E-state index is 0.164. The summed E-state index contributed by atoms with van der Waals surface area (Å²) in [6, 6.07) is 15.0. The van der Waals surface area contributed by atoms with Crippen LogP contribution in [0.1, 0.15) is 41.7 Å². The summed E-state index contributed by atoms with van der Waals surface area (Å²) < 4.78 is 11.8. The number of fused-ring (bicyclic) bond motifs is 2. The van der Waals surface area contributed by atoms with Gasteiger partial charge in [0.15, 0.2) is 11.4 Å². The summed E-state index contributed by atoms with van der Waals surface area (Å²) in [5.41, 5.74) is 8.19. The number of nitrogen functional groups attached to an aromatic ring is 1. The molecule has 0 unspecified atom stereocenters. The van der Waals surface area contributed by atoms with E-state index in [1.54, 1.807) is 31.7 Å². The molecule has 188 valence electrons. The van der Waals surface area contributed by atoms with E-state index in [0.717, 1.165) is 35.9 Å². The van der Waals surface area contributed by atoms with E-state index in [-0.39, 0.29) is 11.7 Å². The van der Waals surface area contributed by atoms with Gasteiger partial charge in [0.2, 0.25) is 0 Å². The number of carbonyl (C=O) groups excluding carboxylic acids is 2. The lowest BCUT2D eigenvalue weighted by Crippen LogP contribution is -2.10. The average Bonchev–Trinajstić information content (AvgIpc) is 2.85. The number of aromatic nitrogens is 2. The molecule has 0 bridgehead atoms. The molecule has 0 amide bonds. The number of nitrogens with zero attached hydrogens (tertiary/aromatic N) is 2. The van der Waals surface area contributed by atoms with Gasteiger partial charge in [0, 0.05) is 24.6 Å². The largest absolute Gasteiger partial charge is 0.461 e. The van der Waals surface area contributed by atoms with Crippen LogP contribution in [0.15, 0.2) is 62.4 Å². The summed E-state index contributed by atoms with van der Waals surface area (Å²) >= 11 is 8.52. The number of thioether (sulfide) groups is 1. The number of esters is 2. The van der Waals surface area contributed by atoms with Gasteiger partial charge in [-0.25, -0.2) is 19.6 Å². The van der Waals surface area contributed by atoms with Crippen LogP contribution in [0.4, 0.5) is 5.69 Å². The van der Waals surface area contributed by atoms with E-state index >= 15 is 0 Å². The normalized spacial score (nSPS) is 10.6. The van der Waals surface area contributed by atoms with Gasteiger partial charge in [-0.1, -0.05) is 50.9 Å². The van der Waals surface area contributed by atoms with E-state index in [1.807, 2.05) is 49.4 Å². The lowest BCUT2D eigenvalue weighted by Gasteiger charge is -2.09. The Morgan fingerprint density at radius 2 is 1.33 bits per heavy atom. The van der Waals surface area contributed by atoms with E-state index in [9.17, 15) is 9.59 Å². The summed E-state index contributed by atoms with van der Waals surface area (Å²) in [7, 11) is 0. The average molecular weight is 635 g/mol. The van der Waals surface area contributed by atoms with Crippen LogP contribution in [0.25, 0.3) is 21.8 Å². The highest BCUT2D eigenvalue weighted by atomic mass is 79.9. The van der Waals surface area contributed by atoms with Crippen molar-refractivity contribution < 1.29 is 19.1 Å². The van der Waals surface area contributed by atoms with Crippen molar-refractivity contribution >= 4 is 83.1 Å². The van der Waals surface area contributed by atoms with E-state index < -0.39 is 5.97 Å². The molecule has 2 N–H and O–H groups in total. The van der Waals surface area contributed by atoms with Gasteiger partial charge in [0.25, 0.3) is 0 Å². The van der Waals surface area contributed by atoms with Crippen LogP contribution in [0.5, 0.6) is 0 Å². The maximum absolute atomic E-state index is 12.0. The number of pyridine rings is 2. The maximum atomic E-state index is 12.0. The molecule has 10 heteroatoms. The molecule has 0 aliphatic heterocycles. The smallest absolute Gasteiger partial charge is 0.359 e. The molecule has 4 rings (SSSR count). The summed E-state index contributed by atoms with van der Waals surface area (Å²) in [5.74, 6) is 0.0246. The molecule has 36 heavy (non-hydrogen) atoms. The molecule has 7 nitrogen and oxygen atoms in total. The highest BCUT2D eigenvalue weighted by Crippen LogP contribution is 2.30. The molecule has 0 saturated heterocycles. The van der Waals surface area contributed by atoms with Crippen LogP contribution in [0.2, 0.25) is 0 Å². The van der Waals surface area contributed by atoms with Gasteiger partial charge in [0.05, 0.1) is 29.9 Å². The second kappa shape index (κ2) is 13.0.